The number of halogens is 1. The second-order valence-corrected chi connectivity index (χ2v) is 7.89. The van der Waals surface area contributed by atoms with E-state index < -0.39 is 12.0 Å². The lowest BCUT2D eigenvalue weighted by molar-refractivity contribution is -0.124. The van der Waals surface area contributed by atoms with E-state index in [-0.39, 0.29) is 0 Å². The molecular weight excluding hydrogens is 414 g/mol. The van der Waals surface area contributed by atoms with Crippen molar-refractivity contribution in [1.82, 2.24) is 14.4 Å². The molecule has 0 radical (unpaired) electrons. The van der Waals surface area contributed by atoms with Crippen molar-refractivity contribution in [2.45, 2.75) is 26.9 Å². The molecule has 0 aliphatic rings. The highest BCUT2D eigenvalue weighted by Gasteiger charge is 2.20. The van der Waals surface area contributed by atoms with E-state index in [4.69, 9.17) is 22.3 Å². The number of aryl methyl sites for hydroxylation is 3. The largest absolute Gasteiger partial charge is 0.382 e. The fourth-order valence-electron chi connectivity index (χ4n) is 3.72. The molecule has 0 unspecified atom stereocenters. The van der Waals surface area contributed by atoms with Crippen molar-refractivity contribution in [3.63, 3.8) is 0 Å². The predicted octanol–water partition coefficient (Wildman–Crippen LogP) is 4.23. The Kier molecular flexibility index (Phi) is 5.39. The molecule has 0 saturated carbocycles. The Morgan fingerprint density at radius 3 is 2.68 bits per heavy atom. The number of nitrogens with one attached hydrogen (secondary N) is 1. The Bertz CT molecular complexity index is 1320. The molecule has 158 valence electrons. The molecule has 0 bridgehead atoms. The Labute approximate surface area is 184 Å². The topological polar surface area (TPSA) is 106 Å². The van der Waals surface area contributed by atoms with Gasteiger partial charge in [-0.1, -0.05) is 29.8 Å². The zero-order valence-corrected chi connectivity index (χ0v) is 18.1. The van der Waals surface area contributed by atoms with Crippen LogP contribution in [0.2, 0.25) is 5.02 Å². The number of hydrogen-bond acceptors (Lipinski definition) is 5. The molecule has 7 nitrogen and oxygen atoms in total. The standard InChI is InChI=1S/C23H22ClN5O2/c1-12-9-17(28-23(31)21(30)15-5-4-6-16(24)10-15)7-8-18(12)19-20-22(25)26-11-13(2)29(20)14(3)27-19/h4-11,21,30H,1-3H3,(H2,25,26)(H,28,31)/t21-/m1/s1. The highest BCUT2D eigenvalue weighted by Crippen LogP contribution is 2.32. The number of hydrogen-bond donors (Lipinski definition) is 3. The number of aromatic nitrogens is 3. The molecular formula is C23H22ClN5O2. The van der Waals surface area contributed by atoms with Gasteiger partial charge in [-0.25, -0.2) is 9.97 Å². The van der Waals surface area contributed by atoms with Gasteiger partial charge < -0.3 is 16.2 Å². The van der Waals surface area contributed by atoms with Crippen LogP contribution in [0.1, 0.15) is 28.7 Å². The maximum atomic E-state index is 12.5. The van der Waals surface area contributed by atoms with Crippen molar-refractivity contribution >= 4 is 34.5 Å². The lowest BCUT2D eigenvalue weighted by Gasteiger charge is -2.13. The fraction of sp³-hybridized carbons (Fsp3) is 0.174. The monoisotopic (exact) mass is 435 g/mol. The van der Waals surface area contributed by atoms with Gasteiger partial charge in [0.15, 0.2) is 6.10 Å². The Morgan fingerprint density at radius 2 is 1.97 bits per heavy atom. The summed E-state index contributed by atoms with van der Waals surface area (Å²) >= 11 is 5.95. The quantitative estimate of drug-likeness (QED) is 0.445. The second-order valence-electron chi connectivity index (χ2n) is 7.45. The first-order chi connectivity index (χ1) is 14.8. The van der Waals surface area contributed by atoms with Crippen LogP contribution >= 0.6 is 11.6 Å². The molecule has 8 heteroatoms. The third-order valence-corrected chi connectivity index (χ3v) is 5.43. The van der Waals surface area contributed by atoms with Crippen molar-refractivity contribution in [1.29, 1.82) is 0 Å². The SMILES string of the molecule is Cc1cc(NC(=O)[C@H](O)c2cccc(Cl)c2)ccc1-c1nc(C)n2c(C)cnc(N)c12. The van der Waals surface area contributed by atoms with Crippen LogP contribution in [0.4, 0.5) is 11.5 Å². The van der Waals surface area contributed by atoms with Crippen molar-refractivity contribution in [2.24, 2.45) is 0 Å². The molecule has 0 spiro atoms. The van der Waals surface area contributed by atoms with Gasteiger partial charge in [-0.05, 0) is 56.2 Å². The van der Waals surface area contributed by atoms with Crippen LogP contribution in [-0.2, 0) is 4.79 Å². The molecule has 31 heavy (non-hydrogen) atoms. The lowest BCUT2D eigenvalue weighted by atomic mass is 10.0. The molecule has 1 atom stereocenters. The van der Waals surface area contributed by atoms with E-state index in [1.54, 1.807) is 36.5 Å². The molecule has 2 aromatic heterocycles. The van der Waals surface area contributed by atoms with Crippen molar-refractivity contribution < 1.29 is 9.90 Å². The molecule has 0 aliphatic heterocycles. The molecule has 4 rings (SSSR count). The first-order valence-electron chi connectivity index (χ1n) is 9.72. The number of anilines is 2. The number of nitrogens with two attached hydrogens (primary N) is 1. The molecule has 2 heterocycles. The number of carbonyl (C=O) groups is 1. The van der Waals surface area contributed by atoms with Crippen LogP contribution in [0, 0.1) is 20.8 Å². The number of aliphatic hydroxyl groups excluding tert-OH is 1. The first kappa shape index (κ1) is 20.8. The smallest absolute Gasteiger partial charge is 0.257 e. The summed E-state index contributed by atoms with van der Waals surface area (Å²) < 4.78 is 1.98. The van der Waals surface area contributed by atoms with E-state index in [9.17, 15) is 9.90 Å². The minimum atomic E-state index is -1.33. The first-order valence-corrected chi connectivity index (χ1v) is 10.1. The number of aliphatic hydroxyl groups is 1. The highest BCUT2D eigenvalue weighted by molar-refractivity contribution is 6.30. The van der Waals surface area contributed by atoms with Gasteiger partial charge in [-0.3, -0.25) is 9.20 Å². The molecule has 1 amide bonds. The second kappa shape index (κ2) is 8.02. The van der Waals surface area contributed by atoms with Crippen LogP contribution in [0.15, 0.2) is 48.7 Å². The maximum Gasteiger partial charge on any atom is 0.257 e. The molecule has 4 N–H and O–H groups in total. The molecule has 2 aromatic carbocycles. The summed E-state index contributed by atoms with van der Waals surface area (Å²) in [6.07, 6.45) is 0.393. The lowest BCUT2D eigenvalue weighted by Crippen LogP contribution is -2.20. The minimum absolute atomic E-state index is 0.405. The van der Waals surface area contributed by atoms with Gasteiger partial charge >= 0.3 is 0 Å². The predicted molar refractivity (Wildman–Crippen MR) is 122 cm³/mol. The fourth-order valence-corrected chi connectivity index (χ4v) is 3.91. The summed E-state index contributed by atoms with van der Waals surface area (Å²) in [5.74, 6) is 0.683. The van der Waals surface area contributed by atoms with Crippen LogP contribution in [0.5, 0.6) is 0 Å². The van der Waals surface area contributed by atoms with Crippen LogP contribution in [0.25, 0.3) is 16.8 Å². The number of rotatable bonds is 4. The minimum Gasteiger partial charge on any atom is -0.382 e. The van der Waals surface area contributed by atoms with Crippen molar-refractivity contribution in [3.05, 3.63) is 76.3 Å². The summed E-state index contributed by atoms with van der Waals surface area (Å²) in [6.45, 7) is 5.80. The van der Waals surface area contributed by atoms with Crippen LogP contribution < -0.4 is 11.1 Å². The molecule has 4 aromatic rings. The average Bonchev–Trinajstić information content (AvgIpc) is 3.08. The van der Waals surface area contributed by atoms with E-state index in [0.29, 0.717) is 22.1 Å². The van der Waals surface area contributed by atoms with Crippen LogP contribution in [0.3, 0.4) is 0 Å². The van der Waals surface area contributed by atoms with E-state index in [1.165, 1.54) is 0 Å². The van der Waals surface area contributed by atoms with E-state index in [2.05, 4.69) is 10.3 Å². The Balaban J connectivity index is 1.65. The summed E-state index contributed by atoms with van der Waals surface area (Å²) in [4.78, 5) is 21.5. The van der Waals surface area contributed by atoms with Crippen LogP contribution in [-0.4, -0.2) is 25.4 Å². The Morgan fingerprint density at radius 1 is 1.19 bits per heavy atom. The highest BCUT2D eigenvalue weighted by atomic mass is 35.5. The van der Waals surface area contributed by atoms with Gasteiger partial charge in [0, 0.05) is 28.2 Å². The summed E-state index contributed by atoms with van der Waals surface area (Å²) in [5, 5.41) is 13.6. The third kappa shape index (κ3) is 3.85. The van der Waals surface area contributed by atoms with Gasteiger partial charge in [-0.15, -0.1) is 0 Å². The number of imidazole rings is 1. The van der Waals surface area contributed by atoms with Gasteiger partial charge in [0.25, 0.3) is 5.91 Å². The zero-order chi connectivity index (χ0) is 22.3. The van der Waals surface area contributed by atoms with Gasteiger partial charge in [-0.2, -0.15) is 0 Å². The van der Waals surface area contributed by atoms with E-state index in [1.807, 2.05) is 37.3 Å². The maximum absolute atomic E-state index is 12.5. The number of benzene rings is 2. The van der Waals surface area contributed by atoms with Gasteiger partial charge in [0.2, 0.25) is 0 Å². The Hall–Kier alpha value is -3.42. The van der Waals surface area contributed by atoms with Gasteiger partial charge in [0.1, 0.15) is 22.9 Å². The average molecular weight is 436 g/mol. The summed E-state index contributed by atoms with van der Waals surface area (Å²) in [5.41, 5.74) is 11.4. The van der Waals surface area contributed by atoms with E-state index in [0.717, 1.165) is 33.9 Å². The number of carbonyl (C=O) groups excluding carboxylic acids is 1. The van der Waals surface area contributed by atoms with E-state index >= 15 is 0 Å². The van der Waals surface area contributed by atoms with Crippen molar-refractivity contribution in [3.8, 4) is 11.3 Å². The molecule has 0 fully saturated rings. The number of amides is 1. The summed E-state index contributed by atoms with van der Waals surface area (Å²) in [7, 11) is 0. The number of nitrogen functional groups attached to an aromatic ring is 1. The van der Waals surface area contributed by atoms with Crippen molar-refractivity contribution in [2.75, 3.05) is 11.1 Å². The summed E-state index contributed by atoms with van der Waals surface area (Å²) in [6, 6.07) is 12.1. The normalized spacial score (nSPS) is 12.2. The zero-order valence-electron chi connectivity index (χ0n) is 17.3. The third-order valence-electron chi connectivity index (χ3n) is 5.19. The van der Waals surface area contributed by atoms with Gasteiger partial charge in [0.05, 0.1) is 0 Å². The molecule has 0 saturated heterocycles. The molecule has 0 aliphatic carbocycles. The number of nitrogens with zero attached hydrogens (tertiary/aromatic N) is 3. The number of fused-ring (bicyclic) bond motifs is 1.